The first kappa shape index (κ1) is 15.2. The van der Waals surface area contributed by atoms with Gasteiger partial charge in [-0.2, -0.15) is 5.10 Å². The zero-order valence-corrected chi connectivity index (χ0v) is 13.9. The normalized spacial score (nSPS) is 16.8. The van der Waals surface area contributed by atoms with Crippen molar-refractivity contribution < 1.29 is 4.74 Å². The Kier molecular flexibility index (Phi) is 4.59. The van der Waals surface area contributed by atoms with Crippen molar-refractivity contribution in [3.63, 3.8) is 0 Å². The minimum absolute atomic E-state index is 0.715. The predicted octanol–water partition coefficient (Wildman–Crippen LogP) is 3.10. The fraction of sp³-hybridized carbons (Fsp3) is 0.500. The van der Waals surface area contributed by atoms with Crippen LogP contribution in [0, 0.1) is 10.7 Å². The molecule has 2 heterocycles. The van der Waals surface area contributed by atoms with Crippen LogP contribution in [-0.4, -0.2) is 39.4 Å². The summed E-state index contributed by atoms with van der Waals surface area (Å²) in [5, 5.41) is 4.45. The SMILES string of the molecule is COc1cccc(-n2cnn(CN3CCC(C)CC3)c2=S)c1. The van der Waals surface area contributed by atoms with Gasteiger partial charge in [0.1, 0.15) is 12.1 Å². The molecule has 0 unspecified atom stereocenters. The van der Waals surface area contributed by atoms with Crippen molar-refractivity contribution in [1.29, 1.82) is 0 Å². The van der Waals surface area contributed by atoms with E-state index in [0.29, 0.717) is 4.77 Å². The van der Waals surface area contributed by atoms with Crippen LogP contribution in [0.25, 0.3) is 5.69 Å². The second-order valence-electron chi connectivity index (χ2n) is 5.93. The molecule has 2 aromatic rings. The van der Waals surface area contributed by atoms with Gasteiger partial charge in [-0.3, -0.25) is 9.47 Å². The Morgan fingerprint density at radius 2 is 2.09 bits per heavy atom. The second kappa shape index (κ2) is 6.62. The molecule has 0 aliphatic carbocycles. The van der Waals surface area contributed by atoms with E-state index in [4.69, 9.17) is 17.0 Å². The lowest BCUT2D eigenvalue weighted by Crippen LogP contribution is -2.34. The fourth-order valence-corrected chi connectivity index (χ4v) is 3.02. The van der Waals surface area contributed by atoms with E-state index in [1.54, 1.807) is 13.4 Å². The summed E-state index contributed by atoms with van der Waals surface area (Å²) in [5.74, 6) is 1.65. The summed E-state index contributed by atoms with van der Waals surface area (Å²) in [6.45, 7) is 5.33. The molecule has 1 saturated heterocycles. The van der Waals surface area contributed by atoms with Crippen molar-refractivity contribution in [1.82, 2.24) is 19.2 Å². The van der Waals surface area contributed by atoms with Crippen molar-refractivity contribution in [2.24, 2.45) is 5.92 Å². The lowest BCUT2D eigenvalue weighted by atomic mass is 10.00. The summed E-state index contributed by atoms with van der Waals surface area (Å²) < 4.78 is 9.80. The molecule has 0 amide bonds. The van der Waals surface area contributed by atoms with E-state index >= 15 is 0 Å². The molecule has 0 saturated carbocycles. The Morgan fingerprint density at radius 1 is 1.32 bits per heavy atom. The summed E-state index contributed by atoms with van der Waals surface area (Å²) in [5.41, 5.74) is 0.975. The molecule has 3 rings (SSSR count). The van der Waals surface area contributed by atoms with Gasteiger partial charge in [0.25, 0.3) is 0 Å². The molecule has 118 valence electrons. The first-order valence-corrected chi connectivity index (χ1v) is 8.09. The van der Waals surface area contributed by atoms with E-state index in [9.17, 15) is 0 Å². The highest BCUT2D eigenvalue weighted by Gasteiger charge is 2.16. The molecule has 0 bridgehead atoms. The molecule has 0 radical (unpaired) electrons. The first-order valence-electron chi connectivity index (χ1n) is 7.68. The molecule has 1 fully saturated rings. The molecule has 1 aromatic heterocycles. The average Bonchev–Trinajstić information content (AvgIpc) is 2.90. The summed E-state index contributed by atoms with van der Waals surface area (Å²) in [6, 6.07) is 7.85. The monoisotopic (exact) mass is 318 g/mol. The highest BCUT2D eigenvalue weighted by Crippen LogP contribution is 2.18. The zero-order chi connectivity index (χ0) is 15.5. The van der Waals surface area contributed by atoms with E-state index in [1.165, 1.54) is 12.8 Å². The van der Waals surface area contributed by atoms with Gasteiger partial charge in [-0.15, -0.1) is 0 Å². The van der Waals surface area contributed by atoms with Crippen molar-refractivity contribution in [3.05, 3.63) is 35.4 Å². The van der Waals surface area contributed by atoms with E-state index in [1.807, 2.05) is 33.5 Å². The molecule has 0 N–H and O–H groups in total. The van der Waals surface area contributed by atoms with Crippen molar-refractivity contribution >= 4 is 12.2 Å². The molecule has 6 heteroatoms. The van der Waals surface area contributed by atoms with Crippen molar-refractivity contribution in [3.8, 4) is 11.4 Å². The quantitative estimate of drug-likeness (QED) is 0.812. The van der Waals surface area contributed by atoms with Crippen LogP contribution >= 0.6 is 12.2 Å². The van der Waals surface area contributed by atoms with Crippen LogP contribution in [0.5, 0.6) is 5.75 Å². The Labute approximate surface area is 136 Å². The minimum Gasteiger partial charge on any atom is -0.497 e. The summed E-state index contributed by atoms with van der Waals surface area (Å²) in [6.07, 6.45) is 4.29. The van der Waals surface area contributed by atoms with Crippen LogP contribution in [0.2, 0.25) is 0 Å². The van der Waals surface area contributed by atoms with Crippen LogP contribution in [-0.2, 0) is 6.67 Å². The van der Waals surface area contributed by atoms with Gasteiger partial charge in [-0.05, 0) is 43.1 Å². The number of nitrogens with zero attached hydrogens (tertiary/aromatic N) is 4. The van der Waals surface area contributed by atoms with Gasteiger partial charge in [0, 0.05) is 19.2 Å². The molecule has 0 spiro atoms. The number of hydrogen-bond acceptors (Lipinski definition) is 4. The van der Waals surface area contributed by atoms with E-state index in [0.717, 1.165) is 37.1 Å². The third kappa shape index (κ3) is 3.23. The molecule has 1 aliphatic rings. The number of rotatable bonds is 4. The Bertz CT molecular complexity index is 685. The number of piperidine rings is 1. The van der Waals surface area contributed by atoms with Gasteiger partial charge in [0.05, 0.1) is 19.5 Å². The van der Waals surface area contributed by atoms with Crippen LogP contribution in [0.15, 0.2) is 30.6 Å². The lowest BCUT2D eigenvalue weighted by Gasteiger charge is -2.29. The van der Waals surface area contributed by atoms with E-state index in [-0.39, 0.29) is 0 Å². The van der Waals surface area contributed by atoms with Gasteiger partial charge >= 0.3 is 0 Å². The Hall–Kier alpha value is -1.66. The maximum absolute atomic E-state index is 5.57. The Balaban J connectivity index is 1.78. The smallest absolute Gasteiger partial charge is 0.203 e. The molecular formula is C16H22N4OS. The number of methoxy groups -OCH3 is 1. The number of aromatic nitrogens is 3. The van der Waals surface area contributed by atoms with Crippen LogP contribution < -0.4 is 4.74 Å². The average molecular weight is 318 g/mol. The van der Waals surface area contributed by atoms with E-state index in [2.05, 4.69) is 16.9 Å². The first-order chi connectivity index (χ1) is 10.7. The lowest BCUT2D eigenvalue weighted by molar-refractivity contribution is 0.146. The third-order valence-electron chi connectivity index (χ3n) is 4.28. The predicted molar refractivity (Wildman–Crippen MR) is 88.9 cm³/mol. The van der Waals surface area contributed by atoms with E-state index < -0.39 is 0 Å². The van der Waals surface area contributed by atoms with Gasteiger partial charge in [-0.25, -0.2) is 4.68 Å². The van der Waals surface area contributed by atoms with Crippen LogP contribution in [0.3, 0.4) is 0 Å². The van der Waals surface area contributed by atoms with Gasteiger partial charge < -0.3 is 4.74 Å². The second-order valence-corrected chi connectivity index (χ2v) is 6.29. The van der Waals surface area contributed by atoms with Gasteiger partial charge in [-0.1, -0.05) is 13.0 Å². The highest BCUT2D eigenvalue weighted by molar-refractivity contribution is 7.71. The molecular weight excluding hydrogens is 296 g/mol. The number of likely N-dealkylation sites (tertiary alicyclic amines) is 1. The molecule has 5 nitrogen and oxygen atoms in total. The maximum atomic E-state index is 5.57. The standard InChI is InChI=1S/C16H22N4OS/c1-13-6-8-18(9-7-13)12-20-16(22)19(11-17-20)14-4-3-5-15(10-14)21-2/h3-5,10-11,13H,6-9,12H2,1-2H3. The summed E-state index contributed by atoms with van der Waals surface area (Å²) in [4.78, 5) is 2.42. The number of benzene rings is 1. The maximum Gasteiger partial charge on any atom is 0.203 e. The number of ether oxygens (including phenoxy) is 1. The number of hydrogen-bond donors (Lipinski definition) is 0. The summed E-state index contributed by atoms with van der Waals surface area (Å²) >= 11 is 5.57. The van der Waals surface area contributed by atoms with Crippen LogP contribution in [0.4, 0.5) is 0 Å². The largest absolute Gasteiger partial charge is 0.497 e. The van der Waals surface area contributed by atoms with Gasteiger partial charge in [0.2, 0.25) is 4.77 Å². The molecule has 0 atom stereocenters. The molecule has 1 aliphatic heterocycles. The fourth-order valence-electron chi connectivity index (χ4n) is 2.76. The topological polar surface area (TPSA) is 35.2 Å². The van der Waals surface area contributed by atoms with Crippen LogP contribution in [0.1, 0.15) is 19.8 Å². The Morgan fingerprint density at radius 3 is 2.82 bits per heavy atom. The van der Waals surface area contributed by atoms with Gasteiger partial charge in [0.15, 0.2) is 0 Å². The third-order valence-corrected chi connectivity index (χ3v) is 4.68. The van der Waals surface area contributed by atoms with Crippen molar-refractivity contribution in [2.75, 3.05) is 20.2 Å². The zero-order valence-electron chi connectivity index (χ0n) is 13.1. The van der Waals surface area contributed by atoms with Crippen molar-refractivity contribution in [2.45, 2.75) is 26.4 Å². The minimum atomic E-state index is 0.715. The highest BCUT2D eigenvalue weighted by atomic mass is 32.1. The molecule has 1 aromatic carbocycles. The molecule has 22 heavy (non-hydrogen) atoms. The summed E-state index contributed by atoms with van der Waals surface area (Å²) in [7, 11) is 1.67.